The van der Waals surface area contributed by atoms with Crippen LogP contribution in [0.5, 0.6) is 0 Å². The summed E-state index contributed by atoms with van der Waals surface area (Å²) in [7, 11) is 0. The molecule has 6 heteroatoms. The molecule has 1 heterocycles. The molecular weight excluding hydrogens is 296 g/mol. The second-order valence-electron chi connectivity index (χ2n) is 4.62. The van der Waals surface area contributed by atoms with E-state index < -0.39 is 17.7 Å². The smallest absolute Gasteiger partial charge is 0.229 e. The van der Waals surface area contributed by atoms with Crippen LogP contribution in [-0.4, -0.2) is 9.78 Å². The average Bonchev–Trinajstić information content (AvgIpc) is 2.86. The van der Waals surface area contributed by atoms with Gasteiger partial charge in [0.2, 0.25) is 5.69 Å². The first kappa shape index (κ1) is 14.3. The summed E-state index contributed by atoms with van der Waals surface area (Å²) in [4.78, 5) is 0. The van der Waals surface area contributed by atoms with Crippen LogP contribution in [0.15, 0.2) is 60.7 Å². The number of aromatic nitrogens is 2. The fourth-order valence-corrected chi connectivity index (χ4v) is 2.18. The third-order valence-electron chi connectivity index (χ3n) is 3.14. The van der Waals surface area contributed by atoms with Crippen LogP contribution in [0.25, 0.3) is 16.9 Å². The standard InChI is InChI=1S/C16H10F4N2/c17-13-14(11-7-3-1-4-8-11)22(12-9-5-2-6-10-12)21-15(13)16(18,19)20/h1-10H. The number of benzene rings is 2. The highest BCUT2D eigenvalue weighted by atomic mass is 19.4. The van der Waals surface area contributed by atoms with Crippen molar-refractivity contribution in [3.05, 3.63) is 72.2 Å². The van der Waals surface area contributed by atoms with Gasteiger partial charge in [0.15, 0.2) is 5.82 Å². The molecule has 0 aliphatic heterocycles. The van der Waals surface area contributed by atoms with Crippen molar-refractivity contribution >= 4 is 0 Å². The fraction of sp³-hybridized carbons (Fsp3) is 0.0625. The van der Waals surface area contributed by atoms with Crippen molar-refractivity contribution in [2.75, 3.05) is 0 Å². The molecule has 3 aromatic rings. The molecule has 112 valence electrons. The Morgan fingerprint density at radius 2 is 1.36 bits per heavy atom. The number of hydrogen-bond acceptors (Lipinski definition) is 1. The molecule has 0 radical (unpaired) electrons. The summed E-state index contributed by atoms with van der Waals surface area (Å²) in [5.41, 5.74) is -1.04. The van der Waals surface area contributed by atoms with E-state index in [0.29, 0.717) is 11.3 Å². The van der Waals surface area contributed by atoms with Crippen molar-refractivity contribution in [1.82, 2.24) is 9.78 Å². The predicted molar refractivity (Wildman–Crippen MR) is 74.0 cm³/mol. The van der Waals surface area contributed by atoms with E-state index in [9.17, 15) is 17.6 Å². The Hall–Kier alpha value is -2.63. The van der Waals surface area contributed by atoms with Crippen LogP contribution in [0.4, 0.5) is 17.6 Å². The second-order valence-corrected chi connectivity index (χ2v) is 4.62. The lowest BCUT2D eigenvalue weighted by molar-refractivity contribution is -0.143. The topological polar surface area (TPSA) is 17.8 Å². The molecule has 0 spiro atoms. The largest absolute Gasteiger partial charge is 0.438 e. The third-order valence-corrected chi connectivity index (χ3v) is 3.14. The highest BCUT2D eigenvalue weighted by Crippen LogP contribution is 2.36. The van der Waals surface area contributed by atoms with Gasteiger partial charge in [-0.15, -0.1) is 0 Å². The minimum absolute atomic E-state index is 0.209. The van der Waals surface area contributed by atoms with Gasteiger partial charge in [0.05, 0.1) is 5.69 Å². The molecule has 3 rings (SSSR count). The van der Waals surface area contributed by atoms with E-state index >= 15 is 0 Å². The lowest BCUT2D eigenvalue weighted by Crippen LogP contribution is -2.08. The van der Waals surface area contributed by atoms with Gasteiger partial charge in [-0.1, -0.05) is 48.5 Å². The Morgan fingerprint density at radius 3 is 1.91 bits per heavy atom. The van der Waals surface area contributed by atoms with E-state index in [1.807, 2.05) is 0 Å². The van der Waals surface area contributed by atoms with E-state index in [2.05, 4.69) is 5.10 Å². The maximum absolute atomic E-state index is 14.4. The first-order valence-corrected chi connectivity index (χ1v) is 6.45. The Kier molecular flexibility index (Phi) is 3.44. The van der Waals surface area contributed by atoms with Crippen molar-refractivity contribution in [2.24, 2.45) is 0 Å². The van der Waals surface area contributed by atoms with Crippen LogP contribution in [0, 0.1) is 5.82 Å². The maximum atomic E-state index is 14.4. The zero-order valence-corrected chi connectivity index (χ0v) is 11.2. The lowest BCUT2D eigenvalue weighted by Gasteiger charge is -2.07. The van der Waals surface area contributed by atoms with E-state index in [4.69, 9.17) is 0 Å². The van der Waals surface area contributed by atoms with E-state index in [1.165, 1.54) is 0 Å². The molecular formula is C16H10F4N2. The van der Waals surface area contributed by atoms with Crippen LogP contribution >= 0.6 is 0 Å². The molecule has 2 aromatic carbocycles. The molecule has 0 amide bonds. The summed E-state index contributed by atoms with van der Waals surface area (Å²) in [6.07, 6.45) is -4.85. The molecule has 0 fully saturated rings. The van der Waals surface area contributed by atoms with Gasteiger partial charge >= 0.3 is 6.18 Å². The van der Waals surface area contributed by atoms with Crippen molar-refractivity contribution in [2.45, 2.75) is 6.18 Å². The van der Waals surface area contributed by atoms with E-state index in [-0.39, 0.29) is 5.69 Å². The van der Waals surface area contributed by atoms with E-state index in [1.54, 1.807) is 60.7 Å². The van der Waals surface area contributed by atoms with Crippen LogP contribution in [0.1, 0.15) is 5.69 Å². The number of alkyl halides is 3. The molecule has 0 N–H and O–H groups in total. The molecule has 0 atom stereocenters. The Labute approximate surface area is 123 Å². The van der Waals surface area contributed by atoms with Crippen LogP contribution in [-0.2, 0) is 6.18 Å². The summed E-state index contributed by atoms with van der Waals surface area (Å²) in [6, 6.07) is 16.2. The van der Waals surface area contributed by atoms with Crippen LogP contribution in [0.3, 0.4) is 0 Å². The molecule has 2 nitrogen and oxygen atoms in total. The molecule has 0 unspecified atom stereocenters. The van der Waals surface area contributed by atoms with Crippen LogP contribution < -0.4 is 0 Å². The van der Waals surface area contributed by atoms with Crippen molar-refractivity contribution in [3.63, 3.8) is 0 Å². The van der Waals surface area contributed by atoms with Crippen molar-refractivity contribution in [3.8, 4) is 16.9 Å². The minimum atomic E-state index is -4.85. The van der Waals surface area contributed by atoms with Gasteiger partial charge < -0.3 is 0 Å². The van der Waals surface area contributed by atoms with Gasteiger partial charge in [-0.2, -0.15) is 18.3 Å². The predicted octanol–water partition coefficient (Wildman–Crippen LogP) is 4.70. The van der Waals surface area contributed by atoms with Gasteiger partial charge in [-0.05, 0) is 12.1 Å². The molecule has 0 saturated heterocycles. The monoisotopic (exact) mass is 306 g/mol. The second kappa shape index (κ2) is 5.29. The average molecular weight is 306 g/mol. The van der Waals surface area contributed by atoms with Gasteiger partial charge in [-0.25, -0.2) is 9.07 Å². The molecule has 22 heavy (non-hydrogen) atoms. The normalized spacial score (nSPS) is 11.6. The highest BCUT2D eigenvalue weighted by molar-refractivity contribution is 5.63. The molecule has 0 aliphatic carbocycles. The fourth-order valence-electron chi connectivity index (χ4n) is 2.18. The SMILES string of the molecule is Fc1c(C(F)(F)F)nn(-c2ccccc2)c1-c1ccccc1. The lowest BCUT2D eigenvalue weighted by atomic mass is 10.1. The first-order valence-electron chi connectivity index (χ1n) is 6.45. The number of nitrogens with zero attached hydrogens (tertiary/aromatic N) is 2. The van der Waals surface area contributed by atoms with Gasteiger partial charge in [0.25, 0.3) is 0 Å². The summed E-state index contributed by atoms with van der Waals surface area (Å²) >= 11 is 0. The Bertz CT molecular complexity index is 777. The van der Waals surface area contributed by atoms with Gasteiger partial charge in [0, 0.05) is 5.56 Å². The summed E-state index contributed by atoms with van der Waals surface area (Å²) < 4.78 is 54.2. The molecule has 0 aliphatic rings. The molecule has 0 saturated carbocycles. The Morgan fingerprint density at radius 1 is 0.818 bits per heavy atom. The highest BCUT2D eigenvalue weighted by Gasteiger charge is 2.40. The van der Waals surface area contributed by atoms with E-state index in [0.717, 1.165) is 4.68 Å². The summed E-state index contributed by atoms with van der Waals surface area (Å²) in [5, 5.41) is 3.44. The third kappa shape index (κ3) is 2.47. The maximum Gasteiger partial charge on any atom is 0.438 e. The number of hydrogen-bond donors (Lipinski definition) is 0. The summed E-state index contributed by atoms with van der Waals surface area (Å²) in [6.45, 7) is 0. The minimum Gasteiger partial charge on any atom is -0.229 e. The summed E-state index contributed by atoms with van der Waals surface area (Å²) in [5.74, 6) is -1.37. The zero-order chi connectivity index (χ0) is 15.7. The number of rotatable bonds is 2. The first-order chi connectivity index (χ1) is 10.5. The quantitative estimate of drug-likeness (QED) is 0.628. The Balaban J connectivity index is 2.29. The zero-order valence-electron chi connectivity index (χ0n) is 11.2. The molecule has 0 bridgehead atoms. The van der Waals surface area contributed by atoms with Crippen molar-refractivity contribution < 1.29 is 17.6 Å². The number of para-hydroxylation sites is 1. The van der Waals surface area contributed by atoms with Gasteiger partial charge in [0.1, 0.15) is 5.69 Å². The van der Waals surface area contributed by atoms with Crippen molar-refractivity contribution in [1.29, 1.82) is 0 Å². The number of halogens is 4. The van der Waals surface area contributed by atoms with Gasteiger partial charge in [-0.3, -0.25) is 0 Å². The molecule has 1 aromatic heterocycles. The van der Waals surface area contributed by atoms with Crippen LogP contribution in [0.2, 0.25) is 0 Å².